The van der Waals surface area contributed by atoms with E-state index < -0.39 is 9.89 Å². The molecule has 0 atom stereocenters. The third-order valence-corrected chi connectivity index (χ3v) is 2.17. The van der Waals surface area contributed by atoms with E-state index in [-0.39, 0.29) is 17.8 Å². The zero-order valence-corrected chi connectivity index (χ0v) is 12.4. The lowest BCUT2D eigenvalue weighted by Crippen LogP contribution is -2.21. The Kier molecular flexibility index (Phi) is 4.75. The maximum absolute atomic E-state index is 11.3. The van der Waals surface area contributed by atoms with Crippen molar-refractivity contribution in [1.82, 2.24) is 5.16 Å². The van der Waals surface area contributed by atoms with Gasteiger partial charge in [-0.25, -0.2) is 4.79 Å². The van der Waals surface area contributed by atoms with E-state index in [9.17, 15) is 4.79 Å². The minimum absolute atomic E-state index is 0.200. The Morgan fingerprint density at radius 3 is 2.50 bits per heavy atom. The Bertz CT molecular complexity index is 421. The van der Waals surface area contributed by atoms with E-state index in [1.165, 1.54) is 0 Å². The van der Waals surface area contributed by atoms with Gasteiger partial charge >= 0.3 is 6.09 Å². The van der Waals surface area contributed by atoms with Gasteiger partial charge in [-0.3, -0.25) is 5.32 Å². The molecule has 1 aromatic rings. The van der Waals surface area contributed by atoms with E-state index in [4.69, 9.17) is 39.3 Å². The first-order valence-corrected chi connectivity index (χ1v) is 6.19. The van der Waals surface area contributed by atoms with Crippen LogP contribution in [0.25, 0.3) is 0 Å². The Balaban J connectivity index is 2.53. The topological polar surface area (TPSA) is 64.4 Å². The van der Waals surface area contributed by atoms with Crippen LogP contribution < -0.4 is 5.32 Å². The van der Waals surface area contributed by atoms with Gasteiger partial charge < -0.3 is 9.26 Å². The number of carbonyl (C=O) groups excluding carboxylic acids is 1. The van der Waals surface area contributed by atoms with Gasteiger partial charge in [0.2, 0.25) is 3.79 Å². The predicted molar refractivity (Wildman–Crippen MR) is 70.5 cm³/mol. The summed E-state index contributed by atoms with van der Waals surface area (Å²) in [5, 5.41) is 6.05. The summed E-state index contributed by atoms with van der Waals surface area (Å²) in [6.45, 7) is 5.52. The van der Waals surface area contributed by atoms with E-state index in [2.05, 4.69) is 15.2 Å². The lowest BCUT2D eigenvalue weighted by molar-refractivity contribution is 0.163. The monoisotopic (exact) mass is 314 g/mol. The molecular formula is C10H13Cl3N2O3. The quantitative estimate of drug-likeness (QED) is 0.841. The van der Waals surface area contributed by atoms with Crippen molar-refractivity contribution in [2.75, 3.05) is 11.9 Å². The van der Waals surface area contributed by atoms with Crippen molar-refractivity contribution < 1.29 is 14.1 Å². The fraction of sp³-hybridized carbons (Fsp3) is 0.600. The molecule has 0 aromatic carbocycles. The Labute approximate surface area is 120 Å². The summed E-state index contributed by atoms with van der Waals surface area (Å²) in [5.41, 5.74) is -0.200. The Morgan fingerprint density at radius 2 is 2.06 bits per heavy atom. The number of rotatable bonds is 2. The van der Waals surface area contributed by atoms with Gasteiger partial charge in [0.25, 0.3) is 0 Å². The van der Waals surface area contributed by atoms with Crippen LogP contribution in [0.1, 0.15) is 26.5 Å². The summed E-state index contributed by atoms with van der Waals surface area (Å²) >= 11 is 16.3. The molecule has 102 valence electrons. The summed E-state index contributed by atoms with van der Waals surface area (Å²) in [7, 11) is 0. The van der Waals surface area contributed by atoms with Crippen LogP contribution in [0.15, 0.2) is 10.6 Å². The average molecular weight is 316 g/mol. The smallest absolute Gasteiger partial charge is 0.413 e. The summed E-state index contributed by atoms with van der Waals surface area (Å²) in [6.07, 6.45) is -0.768. The Morgan fingerprint density at radius 1 is 1.44 bits per heavy atom. The molecular weight excluding hydrogens is 302 g/mol. The van der Waals surface area contributed by atoms with Crippen molar-refractivity contribution >= 4 is 46.7 Å². The normalized spacial score (nSPS) is 12.3. The van der Waals surface area contributed by atoms with Crippen molar-refractivity contribution in [2.45, 2.75) is 30.0 Å². The molecule has 0 saturated heterocycles. The molecule has 0 aliphatic carbocycles. The molecule has 1 N–H and O–H groups in total. The lowest BCUT2D eigenvalue weighted by atomic mass is 9.93. The number of alkyl halides is 3. The maximum atomic E-state index is 11.3. The molecule has 8 heteroatoms. The van der Waals surface area contributed by atoms with Crippen LogP contribution >= 0.6 is 34.8 Å². The highest BCUT2D eigenvalue weighted by atomic mass is 35.6. The number of carbonyl (C=O) groups is 1. The summed E-state index contributed by atoms with van der Waals surface area (Å²) in [6, 6.07) is 1.61. The highest BCUT2D eigenvalue weighted by Gasteiger charge is 2.23. The fourth-order valence-electron chi connectivity index (χ4n) is 0.976. The second-order valence-corrected chi connectivity index (χ2v) is 7.16. The molecule has 0 unspecified atom stereocenters. The van der Waals surface area contributed by atoms with Crippen LogP contribution in [0.4, 0.5) is 10.6 Å². The van der Waals surface area contributed by atoms with Gasteiger partial charge in [0.1, 0.15) is 12.4 Å². The molecule has 0 fully saturated rings. The molecule has 0 aliphatic rings. The zero-order chi connectivity index (χ0) is 14.0. The highest BCUT2D eigenvalue weighted by Crippen LogP contribution is 2.26. The van der Waals surface area contributed by atoms with E-state index in [1.807, 2.05) is 20.8 Å². The largest absolute Gasteiger partial charge is 0.445 e. The number of aromatic nitrogens is 1. The van der Waals surface area contributed by atoms with Crippen LogP contribution in [0.3, 0.4) is 0 Å². The molecule has 0 aliphatic heterocycles. The standard InChI is InChI=1S/C10H13Cl3N2O3/c1-9(2,3)6-4-7(15-18-6)14-8(16)17-5-10(11,12)13/h4H,5H2,1-3H3,(H,14,15,16). The number of amides is 1. The molecule has 5 nitrogen and oxygen atoms in total. The number of nitrogens with one attached hydrogen (secondary N) is 1. The minimum atomic E-state index is -1.64. The third-order valence-electron chi connectivity index (χ3n) is 1.85. The van der Waals surface area contributed by atoms with Crippen molar-refractivity contribution in [3.05, 3.63) is 11.8 Å². The minimum Gasteiger partial charge on any atom is -0.445 e. The van der Waals surface area contributed by atoms with Crippen molar-refractivity contribution in [3.63, 3.8) is 0 Å². The number of nitrogens with zero attached hydrogens (tertiary/aromatic N) is 1. The van der Waals surface area contributed by atoms with Crippen LogP contribution in [-0.4, -0.2) is 21.6 Å². The van der Waals surface area contributed by atoms with Gasteiger partial charge in [-0.05, 0) is 0 Å². The van der Waals surface area contributed by atoms with E-state index >= 15 is 0 Å². The van der Waals surface area contributed by atoms with Gasteiger partial charge in [-0.15, -0.1) is 0 Å². The van der Waals surface area contributed by atoms with Gasteiger partial charge in [-0.1, -0.05) is 60.7 Å². The maximum Gasteiger partial charge on any atom is 0.413 e. The molecule has 1 aromatic heterocycles. The first-order valence-electron chi connectivity index (χ1n) is 5.06. The molecule has 1 rings (SSSR count). The van der Waals surface area contributed by atoms with Gasteiger partial charge in [0.05, 0.1) is 0 Å². The van der Waals surface area contributed by atoms with Gasteiger partial charge in [-0.2, -0.15) is 0 Å². The fourth-order valence-corrected chi connectivity index (χ4v) is 1.14. The van der Waals surface area contributed by atoms with E-state index in [1.54, 1.807) is 6.07 Å². The number of halogens is 3. The molecule has 0 saturated carbocycles. The molecule has 0 radical (unpaired) electrons. The zero-order valence-electron chi connectivity index (χ0n) is 10.1. The first-order chi connectivity index (χ1) is 8.08. The summed E-state index contributed by atoms with van der Waals surface area (Å²) < 4.78 is 8.11. The SMILES string of the molecule is CC(C)(C)c1cc(NC(=O)OCC(Cl)(Cl)Cl)no1. The average Bonchev–Trinajstić information content (AvgIpc) is 2.61. The summed E-state index contributed by atoms with van der Waals surface area (Å²) in [4.78, 5) is 11.3. The van der Waals surface area contributed by atoms with Gasteiger partial charge in [0.15, 0.2) is 5.82 Å². The Hall–Kier alpha value is -0.650. The summed E-state index contributed by atoms with van der Waals surface area (Å²) in [5.74, 6) is 0.883. The second kappa shape index (κ2) is 5.55. The molecule has 1 heterocycles. The number of anilines is 1. The van der Waals surface area contributed by atoms with Crippen molar-refractivity contribution in [2.24, 2.45) is 0 Å². The lowest BCUT2D eigenvalue weighted by Gasteiger charge is -2.12. The van der Waals surface area contributed by atoms with Crippen LogP contribution in [0.5, 0.6) is 0 Å². The van der Waals surface area contributed by atoms with Crippen LogP contribution in [-0.2, 0) is 10.2 Å². The predicted octanol–water partition coefficient (Wildman–Crippen LogP) is 3.89. The van der Waals surface area contributed by atoms with Crippen molar-refractivity contribution in [1.29, 1.82) is 0 Å². The second-order valence-electron chi connectivity index (χ2n) is 4.64. The molecule has 18 heavy (non-hydrogen) atoms. The van der Waals surface area contributed by atoms with E-state index in [0.717, 1.165) is 0 Å². The highest BCUT2D eigenvalue weighted by molar-refractivity contribution is 6.67. The van der Waals surface area contributed by atoms with Crippen LogP contribution in [0, 0.1) is 0 Å². The molecule has 0 spiro atoms. The molecule has 0 bridgehead atoms. The molecule has 1 amide bonds. The number of hydrogen-bond donors (Lipinski definition) is 1. The number of ether oxygens (including phenoxy) is 1. The third kappa shape index (κ3) is 5.33. The number of hydrogen-bond acceptors (Lipinski definition) is 4. The van der Waals surface area contributed by atoms with Gasteiger partial charge in [0, 0.05) is 11.5 Å². The van der Waals surface area contributed by atoms with E-state index in [0.29, 0.717) is 5.76 Å². The van der Waals surface area contributed by atoms with Crippen LogP contribution in [0.2, 0.25) is 0 Å². The van der Waals surface area contributed by atoms with Crippen molar-refractivity contribution in [3.8, 4) is 0 Å². The first kappa shape index (κ1) is 15.4.